The summed E-state index contributed by atoms with van der Waals surface area (Å²) < 4.78 is 0. The van der Waals surface area contributed by atoms with Crippen molar-refractivity contribution in [3.63, 3.8) is 0 Å². The number of likely N-dealkylation sites (tertiary alicyclic amines) is 1. The highest BCUT2D eigenvalue weighted by Crippen LogP contribution is 2.19. The number of hydrogen-bond acceptors (Lipinski definition) is 8. The average molecular weight is 495 g/mol. The number of aromatic nitrogens is 2. The third kappa shape index (κ3) is 8.06. The molecule has 0 spiro atoms. The number of amides is 5. The van der Waals surface area contributed by atoms with Crippen LogP contribution < -0.4 is 27.8 Å². The molecule has 4 unspecified atom stereocenters. The van der Waals surface area contributed by atoms with E-state index in [9.17, 15) is 33.9 Å². The van der Waals surface area contributed by atoms with Crippen molar-refractivity contribution in [2.24, 2.45) is 17.2 Å². The molecule has 10 N–H and O–H groups in total. The first-order valence-electron chi connectivity index (χ1n) is 10.9. The van der Waals surface area contributed by atoms with Gasteiger partial charge in [0.15, 0.2) is 0 Å². The van der Waals surface area contributed by atoms with Crippen molar-refractivity contribution in [1.82, 2.24) is 25.5 Å². The van der Waals surface area contributed by atoms with E-state index in [2.05, 4.69) is 20.6 Å². The predicted octanol–water partition coefficient (Wildman–Crippen LogP) is -3.53. The molecule has 4 atom stereocenters. The van der Waals surface area contributed by atoms with Gasteiger partial charge < -0.3 is 42.8 Å². The quantitative estimate of drug-likeness (QED) is 0.143. The number of nitrogens with one attached hydrogen (secondary N) is 3. The number of rotatable bonds is 13. The number of aliphatic carboxylic acids is 1. The Morgan fingerprint density at radius 2 is 1.80 bits per heavy atom. The molecule has 2 heterocycles. The highest BCUT2D eigenvalue weighted by atomic mass is 16.4. The molecule has 1 aromatic rings. The molecule has 1 fully saturated rings. The summed E-state index contributed by atoms with van der Waals surface area (Å²) in [7, 11) is 0. The minimum absolute atomic E-state index is 0.0366. The van der Waals surface area contributed by atoms with Gasteiger partial charge in [-0.3, -0.25) is 24.0 Å². The van der Waals surface area contributed by atoms with E-state index >= 15 is 0 Å². The lowest BCUT2D eigenvalue weighted by atomic mass is 10.1. The van der Waals surface area contributed by atoms with Crippen molar-refractivity contribution in [3.05, 3.63) is 18.2 Å². The van der Waals surface area contributed by atoms with Gasteiger partial charge in [-0.2, -0.15) is 0 Å². The molecule has 1 aliphatic heterocycles. The normalized spacial score (nSPS) is 17.7. The van der Waals surface area contributed by atoms with Gasteiger partial charge in [-0.1, -0.05) is 0 Å². The second kappa shape index (κ2) is 12.5. The molecule has 0 aromatic carbocycles. The lowest BCUT2D eigenvalue weighted by Gasteiger charge is -2.28. The molecular formula is C20H30N8O7. The van der Waals surface area contributed by atoms with Crippen LogP contribution in [0.3, 0.4) is 0 Å². The zero-order valence-electron chi connectivity index (χ0n) is 18.9. The van der Waals surface area contributed by atoms with Crippen molar-refractivity contribution < 1.29 is 33.9 Å². The molecular weight excluding hydrogens is 464 g/mol. The molecule has 2 rings (SSSR count). The summed E-state index contributed by atoms with van der Waals surface area (Å²) >= 11 is 0. The van der Waals surface area contributed by atoms with Gasteiger partial charge in [0.25, 0.3) is 0 Å². The second-order valence-electron chi connectivity index (χ2n) is 8.21. The van der Waals surface area contributed by atoms with Crippen LogP contribution in [0.4, 0.5) is 0 Å². The summed E-state index contributed by atoms with van der Waals surface area (Å²) in [5.41, 5.74) is 16.3. The molecule has 1 aromatic heterocycles. The first kappa shape index (κ1) is 27.2. The Morgan fingerprint density at radius 3 is 2.37 bits per heavy atom. The zero-order valence-corrected chi connectivity index (χ0v) is 18.9. The number of hydrogen-bond donors (Lipinski definition) is 7. The zero-order chi connectivity index (χ0) is 26.1. The minimum Gasteiger partial charge on any atom is -0.480 e. The van der Waals surface area contributed by atoms with E-state index in [0.29, 0.717) is 12.1 Å². The summed E-state index contributed by atoms with van der Waals surface area (Å²) in [6, 6.07) is -4.88. The number of imidazole rings is 1. The van der Waals surface area contributed by atoms with Crippen molar-refractivity contribution >= 4 is 35.5 Å². The standard InChI is InChI=1S/C20H30N8O7/c21-11(7-16(23)30)17(31)26-12(3-4-15(22)29)18(32)27-13(6-10-8-24-9-25-10)19(33)28-5-1-2-14(28)20(34)35/h8-9,11-14H,1-7,21H2,(H2,22,29)(H2,23,30)(H,24,25)(H,26,31)(H,27,32)(H,34,35). The number of carbonyl (C=O) groups is 6. The fraction of sp³-hybridized carbons (Fsp3) is 0.550. The SMILES string of the molecule is NC(=O)CCC(NC(=O)C(N)CC(N)=O)C(=O)NC(Cc1cnc[nH]1)C(=O)N1CCCC1C(=O)O. The fourth-order valence-electron chi connectivity index (χ4n) is 3.72. The van der Waals surface area contributed by atoms with Crippen LogP contribution in [0, 0.1) is 0 Å². The fourth-order valence-corrected chi connectivity index (χ4v) is 3.72. The summed E-state index contributed by atoms with van der Waals surface area (Å²) in [5, 5.41) is 14.3. The monoisotopic (exact) mass is 494 g/mol. The van der Waals surface area contributed by atoms with Gasteiger partial charge in [0.2, 0.25) is 29.5 Å². The van der Waals surface area contributed by atoms with Crippen LogP contribution in [0.25, 0.3) is 0 Å². The van der Waals surface area contributed by atoms with Crippen LogP contribution in [0.5, 0.6) is 0 Å². The Morgan fingerprint density at radius 1 is 1.11 bits per heavy atom. The van der Waals surface area contributed by atoms with E-state index in [1.165, 1.54) is 17.4 Å². The van der Waals surface area contributed by atoms with E-state index in [1.807, 2.05) is 0 Å². The molecule has 1 aliphatic rings. The van der Waals surface area contributed by atoms with Crippen LogP contribution in [0.1, 0.15) is 37.8 Å². The summed E-state index contributed by atoms with van der Waals surface area (Å²) in [6.07, 6.45) is 2.61. The van der Waals surface area contributed by atoms with Crippen LogP contribution in [-0.4, -0.2) is 86.2 Å². The van der Waals surface area contributed by atoms with Crippen LogP contribution in [0.15, 0.2) is 12.5 Å². The van der Waals surface area contributed by atoms with E-state index in [4.69, 9.17) is 17.2 Å². The van der Waals surface area contributed by atoms with Crippen molar-refractivity contribution in [1.29, 1.82) is 0 Å². The van der Waals surface area contributed by atoms with Gasteiger partial charge in [-0.15, -0.1) is 0 Å². The second-order valence-corrected chi connectivity index (χ2v) is 8.21. The van der Waals surface area contributed by atoms with E-state index in [0.717, 1.165) is 0 Å². The van der Waals surface area contributed by atoms with E-state index in [-0.39, 0.29) is 32.2 Å². The third-order valence-electron chi connectivity index (χ3n) is 5.48. The van der Waals surface area contributed by atoms with Crippen LogP contribution in [-0.2, 0) is 35.2 Å². The molecule has 35 heavy (non-hydrogen) atoms. The highest BCUT2D eigenvalue weighted by molar-refractivity contribution is 5.95. The Labute approximate surface area is 200 Å². The molecule has 0 bridgehead atoms. The number of H-pyrrole nitrogens is 1. The molecule has 5 amide bonds. The van der Waals surface area contributed by atoms with Crippen molar-refractivity contribution in [2.45, 2.75) is 62.7 Å². The number of nitrogens with zero attached hydrogens (tertiary/aromatic N) is 2. The molecule has 0 saturated carbocycles. The smallest absolute Gasteiger partial charge is 0.326 e. The lowest BCUT2D eigenvalue weighted by Crippen LogP contribution is -2.58. The first-order valence-corrected chi connectivity index (χ1v) is 10.9. The lowest BCUT2D eigenvalue weighted by molar-refractivity contribution is -0.149. The summed E-state index contributed by atoms with van der Waals surface area (Å²) in [4.78, 5) is 80.4. The van der Waals surface area contributed by atoms with Gasteiger partial charge in [-0.05, 0) is 19.3 Å². The minimum atomic E-state index is -1.33. The highest BCUT2D eigenvalue weighted by Gasteiger charge is 2.38. The maximum Gasteiger partial charge on any atom is 0.326 e. The number of carboxylic acids is 1. The molecule has 1 saturated heterocycles. The maximum atomic E-state index is 13.2. The van der Waals surface area contributed by atoms with E-state index < -0.39 is 66.1 Å². The largest absolute Gasteiger partial charge is 0.480 e. The van der Waals surface area contributed by atoms with Crippen LogP contribution >= 0.6 is 0 Å². The number of aromatic amines is 1. The number of carboxylic acid groups (broad SMARTS) is 1. The summed E-state index contributed by atoms with van der Waals surface area (Å²) in [5.74, 6) is -5.02. The van der Waals surface area contributed by atoms with Crippen LogP contribution in [0.2, 0.25) is 0 Å². The molecule has 15 nitrogen and oxygen atoms in total. The predicted molar refractivity (Wildman–Crippen MR) is 119 cm³/mol. The van der Waals surface area contributed by atoms with Gasteiger partial charge in [0.1, 0.15) is 18.1 Å². The van der Waals surface area contributed by atoms with Gasteiger partial charge in [0, 0.05) is 31.3 Å². The van der Waals surface area contributed by atoms with Crippen molar-refractivity contribution in [3.8, 4) is 0 Å². The Kier molecular flexibility index (Phi) is 9.69. The number of carbonyl (C=O) groups excluding carboxylic acids is 5. The number of primary amides is 2. The topological polar surface area (TPSA) is 257 Å². The number of nitrogens with two attached hydrogens (primary N) is 3. The van der Waals surface area contributed by atoms with Crippen molar-refractivity contribution in [2.75, 3.05) is 6.54 Å². The summed E-state index contributed by atoms with van der Waals surface area (Å²) in [6.45, 7) is 0.203. The molecule has 0 radical (unpaired) electrons. The van der Waals surface area contributed by atoms with Gasteiger partial charge >= 0.3 is 5.97 Å². The molecule has 0 aliphatic carbocycles. The Hall–Kier alpha value is -4.01. The Bertz CT molecular complexity index is 951. The van der Waals surface area contributed by atoms with Gasteiger partial charge in [-0.25, -0.2) is 9.78 Å². The van der Waals surface area contributed by atoms with Gasteiger partial charge in [0.05, 0.1) is 18.8 Å². The molecule has 192 valence electrons. The maximum absolute atomic E-state index is 13.2. The third-order valence-corrected chi connectivity index (χ3v) is 5.48. The first-order chi connectivity index (χ1) is 16.5. The molecule has 15 heteroatoms. The Balaban J connectivity index is 2.22. The average Bonchev–Trinajstić information content (AvgIpc) is 3.46. The van der Waals surface area contributed by atoms with E-state index in [1.54, 1.807) is 0 Å².